The van der Waals surface area contributed by atoms with Gasteiger partial charge in [-0.15, -0.1) is 0 Å². The first-order valence-corrected chi connectivity index (χ1v) is 9.36. The number of oxazole rings is 1. The monoisotopic (exact) mass is 386 g/mol. The number of benzene rings is 2. The minimum atomic E-state index is -0.388. The summed E-state index contributed by atoms with van der Waals surface area (Å²) in [7, 11) is 0. The predicted molar refractivity (Wildman–Crippen MR) is 107 cm³/mol. The van der Waals surface area contributed by atoms with Crippen LogP contribution >= 0.6 is 11.6 Å². The van der Waals surface area contributed by atoms with Gasteiger partial charge in [0.1, 0.15) is 0 Å². The molecule has 1 amide bonds. The summed E-state index contributed by atoms with van der Waals surface area (Å²) in [5, 5.41) is 3.68. The van der Waals surface area contributed by atoms with Crippen LogP contribution in [0.2, 0.25) is 5.02 Å². The van der Waals surface area contributed by atoms with E-state index in [0.29, 0.717) is 36.5 Å². The van der Waals surface area contributed by atoms with Gasteiger partial charge >= 0.3 is 5.76 Å². The van der Waals surface area contributed by atoms with Crippen molar-refractivity contribution in [2.24, 2.45) is 0 Å². The van der Waals surface area contributed by atoms with E-state index >= 15 is 0 Å². The van der Waals surface area contributed by atoms with Crippen molar-refractivity contribution in [1.82, 2.24) is 9.88 Å². The highest BCUT2D eigenvalue weighted by atomic mass is 35.5. The maximum Gasteiger partial charge on any atom is 0.419 e. The normalized spacial score (nSPS) is 11.7. The number of aryl methyl sites for hydroxylation is 1. The average Bonchev–Trinajstić information content (AvgIpc) is 2.96. The molecule has 0 saturated carbocycles. The number of hydrogen-bond donors (Lipinski definition) is 1. The van der Waals surface area contributed by atoms with E-state index in [1.807, 2.05) is 42.5 Å². The van der Waals surface area contributed by atoms with Gasteiger partial charge in [-0.3, -0.25) is 9.36 Å². The number of fused-ring (bicyclic) bond motifs is 1. The van der Waals surface area contributed by atoms with Gasteiger partial charge in [-0.2, -0.15) is 0 Å². The van der Waals surface area contributed by atoms with E-state index < -0.39 is 0 Å². The molecule has 0 atom stereocenters. The van der Waals surface area contributed by atoms with E-state index in [9.17, 15) is 9.59 Å². The number of nitrogens with zero attached hydrogens (tertiary/aromatic N) is 1. The van der Waals surface area contributed by atoms with Gasteiger partial charge in [0.05, 0.1) is 5.52 Å². The smallest absolute Gasteiger partial charge is 0.408 e. The lowest BCUT2D eigenvalue weighted by molar-refractivity contribution is -0.121. The lowest BCUT2D eigenvalue weighted by atomic mass is 9.84. The maximum atomic E-state index is 12.2. The summed E-state index contributed by atoms with van der Waals surface area (Å²) in [6.45, 7) is 5.13. The van der Waals surface area contributed by atoms with Crippen molar-refractivity contribution >= 4 is 28.6 Å². The first-order valence-electron chi connectivity index (χ1n) is 8.98. The molecule has 0 aliphatic rings. The van der Waals surface area contributed by atoms with Gasteiger partial charge in [-0.05, 0) is 36.2 Å². The van der Waals surface area contributed by atoms with E-state index in [4.69, 9.17) is 16.0 Å². The molecule has 0 saturated heterocycles. The van der Waals surface area contributed by atoms with Crippen LogP contribution in [0.4, 0.5) is 0 Å². The SMILES string of the molecule is CC(C)(CNC(=O)CCCn1c(=O)oc2ccccc21)c1ccc(Cl)cc1. The van der Waals surface area contributed by atoms with Crippen molar-refractivity contribution in [3.05, 3.63) is 69.7 Å². The van der Waals surface area contributed by atoms with Crippen LogP contribution in [0.15, 0.2) is 57.7 Å². The first-order chi connectivity index (χ1) is 12.9. The molecule has 0 aliphatic heterocycles. The lowest BCUT2D eigenvalue weighted by Gasteiger charge is -2.25. The zero-order valence-corrected chi connectivity index (χ0v) is 16.3. The average molecular weight is 387 g/mol. The van der Waals surface area contributed by atoms with Crippen LogP contribution in [0, 0.1) is 0 Å². The Hall–Kier alpha value is -2.53. The quantitative estimate of drug-likeness (QED) is 0.664. The van der Waals surface area contributed by atoms with Crippen LogP contribution in [0.3, 0.4) is 0 Å². The lowest BCUT2D eigenvalue weighted by Crippen LogP contribution is -2.36. The Bertz CT molecular complexity index is 987. The Kier molecular flexibility index (Phi) is 5.71. The Morgan fingerprint density at radius 1 is 1.15 bits per heavy atom. The van der Waals surface area contributed by atoms with E-state index in [1.54, 1.807) is 10.6 Å². The van der Waals surface area contributed by atoms with Gasteiger partial charge in [-0.25, -0.2) is 4.79 Å². The van der Waals surface area contributed by atoms with Gasteiger partial charge < -0.3 is 9.73 Å². The molecule has 27 heavy (non-hydrogen) atoms. The van der Waals surface area contributed by atoms with Crippen LogP contribution in [0.1, 0.15) is 32.3 Å². The highest BCUT2D eigenvalue weighted by Crippen LogP contribution is 2.24. The van der Waals surface area contributed by atoms with Gasteiger partial charge in [0, 0.05) is 29.9 Å². The summed E-state index contributed by atoms with van der Waals surface area (Å²) in [6.07, 6.45) is 0.916. The van der Waals surface area contributed by atoms with Crippen molar-refractivity contribution < 1.29 is 9.21 Å². The molecule has 2 aromatic carbocycles. The molecule has 0 radical (unpaired) electrons. The van der Waals surface area contributed by atoms with Gasteiger partial charge in [-0.1, -0.05) is 49.7 Å². The third kappa shape index (κ3) is 4.61. The molecule has 0 spiro atoms. The molecule has 142 valence electrons. The summed E-state index contributed by atoms with van der Waals surface area (Å²) in [6, 6.07) is 15.0. The summed E-state index contributed by atoms with van der Waals surface area (Å²) in [5.74, 6) is -0.418. The maximum absolute atomic E-state index is 12.2. The zero-order chi connectivity index (χ0) is 19.4. The summed E-state index contributed by atoms with van der Waals surface area (Å²) >= 11 is 5.94. The standard InChI is InChI=1S/C21H23ClN2O3/c1-21(2,15-9-11-16(22)12-10-15)14-23-19(25)8-5-13-24-17-6-3-4-7-18(17)27-20(24)26/h3-4,6-7,9-12H,5,8,13-14H2,1-2H3,(H,23,25). The second-order valence-corrected chi connectivity index (χ2v) is 7.69. The Morgan fingerprint density at radius 3 is 2.59 bits per heavy atom. The van der Waals surface area contributed by atoms with Crippen LogP contribution in [-0.2, 0) is 16.8 Å². The fraction of sp³-hybridized carbons (Fsp3) is 0.333. The van der Waals surface area contributed by atoms with Gasteiger partial charge in [0.2, 0.25) is 5.91 Å². The molecule has 1 N–H and O–H groups in total. The van der Waals surface area contributed by atoms with Gasteiger partial charge in [0.25, 0.3) is 0 Å². The van der Waals surface area contributed by atoms with Crippen LogP contribution in [0.5, 0.6) is 0 Å². The molecule has 3 aromatic rings. The molecule has 0 unspecified atom stereocenters. The molecular formula is C21H23ClN2O3. The number of amides is 1. The Labute approximate surface area is 162 Å². The van der Waals surface area contributed by atoms with E-state index in [1.165, 1.54) is 0 Å². The molecule has 3 rings (SSSR count). The molecule has 5 nitrogen and oxygen atoms in total. The second kappa shape index (κ2) is 8.01. The number of hydrogen-bond acceptors (Lipinski definition) is 3. The minimum absolute atomic E-state index is 0.0297. The van der Waals surface area contributed by atoms with Crippen molar-refractivity contribution in [1.29, 1.82) is 0 Å². The summed E-state index contributed by atoms with van der Waals surface area (Å²) < 4.78 is 6.77. The van der Waals surface area contributed by atoms with E-state index in [2.05, 4.69) is 19.2 Å². The number of carbonyl (C=O) groups is 1. The summed E-state index contributed by atoms with van der Waals surface area (Å²) in [5.41, 5.74) is 2.24. The largest absolute Gasteiger partial charge is 0.419 e. The number of carbonyl (C=O) groups excluding carboxylic acids is 1. The van der Waals surface area contributed by atoms with Crippen LogP contribution in [0.25, 0.3) is 11.1 Å². The van der Waals surface area contributed by atoms with E-state index in [0.717, 1.165) is 11.1 Å². The van der Waals surface area contributed by atoms with Crippen LogP contribution in [-0.4, -0.2) is 17.0 Å². The van der Waals surface area contributed by atoms with Gasteiger partial charge in [0.15, 0.2) is 5.58 Å². The molecule has 6 heteroatoms. The third-order valence-electron chi connectivity index (χ3n) is 4.71. The molecule has 1 aromatic heterocycles. The third-order valence-corrected chi connectivity index (χ3v) is 4.96. The highest BCUT2D eigenvalue weighted by Gasteiger charge is 2.21. The predicted octanol–water partition coefficient (Wildman–Crippen LogP) is 4.12. The second-order valence-electron chi connectivity index (χ2n) is 7.26. The Morgan fingerprint density at radius 2 is 1.85 bits per heavy atom. The van der Waals surface area contributed by atoms with E-state index in [-0.39, 0.29) is 17.1 Å². The minimum Gasteiger partial charge on any atom is -0.408 e. The fourth-order valence-electron chi connectivity index (χ4n) is 3.03. The van der Waals surface area contributed by atoms with Crippen molar-refractivity contribution in [2.75, 3.05) is 6.54 Å². The zero-order valence-electron chi connectivity index (χ0n) is 15.5. The number of nitrogens with one attached hydrogen (secondary N) is 1. The van der Waals surface area contributed by atoms with Crippen molar-refractivity contribution in [3.63, 3.8) is 0 Å². The molecule has 0 aliphatic carbocycles. The molecule has 0 bridgehead atoms. The number of rotatable bonds is 7. The molecule has 0 fully saturated rings. The van der Waals surface area contributed by atoms with Crippen molar-refractivity contribution in [3.8, 4) is 0 Å². The highest BCUT2D eigenvalue weighted by molar-refractivity contribution is 6.30. The first kappa shape index (κ1) is 19.2. The number of halogens is 1. The molecular weight excluding hydrogens is 364 g/mol. The summed E-state index contributed by atoms with van der Waals surface area (Å²) in [4.78, 5) is 24.1. The number of aromatic nitrogens is 1. The Balaban J connectivity index is 1.51. The fourth-order valence-corrected chi connectivity index (χ4v) is 3.16. The molecule has 1 heterocycles. The van der Waals surface area contributed by atoms with Crippen LogP contribution < -0.4 is 11.1 Å². The topological polar surface area (TPSA) is 64.2 Å². The number of para-hydroxylation sites is 2. The van der Waals surface area contributed by atoms with Crippen molar-refractivity contribution in [2.45, 2.75) is 38.6 Å².